The standard InChI is InChI=1S/C19H22O5/c1-2-14-3-5-16-18(11-14)23-9-7-22-17-6-4-15(13-20)12-19(17)24-10-8-21-16/h3-6,11-12,20H,2,7-10,13H2,1H3. The molecule has 1 aliphatic heterocycles. The van der Waals surface area contributed by atoms with Gasteiger partial charge in [0.1, 0.15) is 26.4 Å². The van der Waals surface area contributed by atoms with Crippen molar-refractivity contribution in [3.8, 4) is 23.0 Å². The van der Waals surface area contributed by atoms with Gasteiger partial charge in [0.15, 0.2) is 23.0 Å². The van der Waals surface area contributed by atoms with Crippen LogP contribution in [-0.2, 0) is 13.0 Å². The third-order valence-electron chi connectivity index (χ3n) is 3.80. The molecule has 0 aliphatic carbocycles. The predicted molar refractivity (Wildman–Crippen MR) is 90.2 cm³/mol. The summed E-state index contributed by atoms with van der Waals surface area (Å²) in [5.41, 5.74) is 1.97. The van der Waals surface area contributed by atoms with Crippen LogP contribution in [0.4, 0.5) is 0 Å². The van der Waals surface area contributed by atoms with Crippen molar-refractivity contribution >= 4 is 0 Å². The number of fused-ring (bicyclic) bond motifs is 2. The number of hydrogen-bond donors (Lipinski definition) is 1. The Morgan fingerprint density at radius 2 is 1.17 bits per heavy atom. The molecule has 0 bridgehead atoms. The van der Waals surface area contributed by atoms with Gasteiger partial charge in [-0.2, -0.15) is 0 Å². The minimum atomic E-state index is -0.0383. The summed E-state index contributed by atoms with van der Waals surface area (Å²) in [5, 5.41) is 9.26. The van der Waals surface area contributed by atoms with Crippen molar-refractivity contribution in [2.45, 2.75) is 20.0 Å². The number of ether oxygens (including phenoxy) is 4. The number of aliphatic hydroxyl groups is 1. The maximum atomic E-state index is 9.26. The summed E-state index contributed by atoms with van der Waals surface area (Å²) in [6.07, 6.45) is 0.941. The Morgan fingerprint density at radius 1 is 0.708 bits per heavy atom. The molecule has 2 aromatic carbocycles. The molecule has 0 spiro atoms. The van der Waals surface area contributed by atoms with Gasteiger partial charge in [-0.15, -0.1) is 0 Å². The number of aliphatic hydroxyl groups excluding tert-OH is 1. The highest BCUT2D eigenvalue weighted by atomic mass is 16.6. The fraction of sp³-hybridized carbons (Fsp3) is 0.368. The number of hydrogen-bond acceptors (Lipinski definition) is 5. The van der Waals surface area contributed by atoms with Crippen molar-refractivity contribution in [2.75, 3.05) is 26.4 Å². The quantitative estimate of drug-likeness (QED) is 0.917. The molecule has 2 aromatic rings. The van der Waals surface area contributed by atoms with Crippen LogP contribution in [0.2, 0.25) is 0 Å². The summed E-state index contributed by atoms with van der Waals surface area (Å²) >= 11 is 0. The highest BCUT2D eigenvalue weighted by Crippen LogP contribution is 2.31. The van der Waals surface area contributed by atoms with E-state index in [1.54, 1.807) is 12.1 Å². The molecule has 1 aliphatic rings. The molecule has 5 nitrogen and oxygen atoms in total. The molecule has 0 saturated heterocycles. The van der Waals surface area contributed by atoms with Crippen LogP contribution in [0.5, 0.6) is 23.0 Å². The molecular formula is C19H22O5. The molecule has 0 aromatic heterocycles. The lowest BCUT2D eigenvalue weighted by molar-refractivity contribution is 0.171. The van der Waals surface area contributed by atoms with Crippen molar-refractivity contribution in [3.63, 3.8) is 0 Å². The molecule has 128 valence electrons. The lowest BCUT2D eigenvalue weighted by Crippen LogP contribution is -2.15. The third-order valence-corrected chi connectivity index (χ3v) is 3.80. The predicted octanol–water partition coefficient (Wildman–Crippen LogP) is 2.97. The average molecular weight is 330 g/mol. The van der Waals surface area contributed by atoms with Crippen LogP contribution in [0, 0.1) is 0 Å². The highest BCUT2D eigenvalue weighted by molar-refractivity contribution is 5.44. The first-order valence-corrected chi connectivity index (χ1v) is 8.18. The molecule has 0 amide bonds. The molecule has 0 unspecified atom stereocenters. The summed E-state index contributed by atoms with van der Waals surface area (Å²) in [6, 6.07) is 11.4. The van der Waals surface area contributed by atoms with E-state index in [0.717, 1.165) is 17.7 Å². The van der Waals surface area contributed by atoms with Crippen LogP contribution >= 0.6 is 0 Å². The Balaban J connectivity index is 1.76. The molecule has 1 N–H and O–H groups in total. The largest absolute Gasteiger partial charge is 0.486 e. The van der Waals surface area contributed by atoms with Gasteiger partial charge < -0.3 is 24.1 Å². The van der Waals surface area contributed by atoms with E-state index in [1.165, 1.54) is 5.56 Å². The first kappa shape index (κ1) is 16.5. The zero-order chi connectivity index (χ0) is 16.8. The van der Waals surface area contributed by atoms with Crippen LogP contribution in [0.1, 0.15) is 18.1 Å². The van der Waals surface area contributed by atoms with Gasteiger partial charge in [0, 0.05) is 0 Å². The molecule has 0 atom stereocenters. The van der Waals surface area contributed by atoms with Crippen molar-refractivity contribution in [2.24, 2.45) is 0 Å². The van der Waals surface area contributed by atoms with Crippen LogP contribution in [0.15, 0.2) is 36.4 Å². The normalized spacial score (nSPS) is 14.4. The lowest BCUT2D eigenvalue weighted by atomic mass is 10.1. The van der Waals surface area contributed by atoms with Gasteiger partial charge in [0.05, 0.1) is 6.61 Å². The maximum Gasteiger partial charge on any atom is 0.161 e. The van der Waals surface area contributed by atoms with Crippen molar-refractivity contribution in [3.05, 3.63) is 47.5 Å². The zero-order valence-electron chi connectivity index (χ0n) is 13.8. The van der Waals surface area contributed by atoms with E-state index in [-0.39, 0.29) is 6.61 Å². The lowest BCUT2D eigenvalue weighted by Gasteiger charge is -2.18. The Kier molecular flexibility index (Phi) is 5.43. The van der Waals surface area contributed by atoms with E-state index < -0.39 is 0 Å². The van der Waals surface area contributed by atoms with Gasteiger partial charge in [-0.05, 0) is 41.8 Å². The van der Waals surface area contributed by atoms with E-state index in [1.807, 2.05) is 24.3 Å². The summed E-state index contributed by atoms with van der Waals surface area (Å²) < 4.78 is 23.1. The van der Waals surface area contributed by atoms with Crippen molar-refractivity contribution in [1.82, 2.24) is 0 Å². The molecule has 24 heavy (non-hydrogen) atoms. The molecule has 1 heterocycles. The number of rotatable bonds is 2. The van der Waals surface area contributed by atoms with Crippen LogP contribution in [0.25, 0.3) is 0 Å². The van der Waals surface area contributed by atoms with Crippen LogP contribution in [0.3, 0.4) is 0 Å². The molecular weight excluding hydrogens is 308 g/mol. The van der Waals surface area contributed by atoms with E-state index in [2.05, 4.69) is 6.92 Å². The second kappa shape index (κ2) is 7.93. The first-order valence-electron chi connectivity index (χ1n) is 8.18. The minimum Gasteiger partial charge on any atom is -0.486 e. The van der Waals surface area contributed by atoms with Gasteiger partial charge in [0.25, 0.3) is 0 Å². The summed E-state index contributed by atoms with van der Waals surface area (Å²) in [7, 11) is 0. The fourth-order valence-electron chi connectivity index (χ4n) is 2.49. The van der Waals surface area contributed by atoms with E-state index >= 15 is 0 Å². The second-order valence-electron chi connectivity index (χ2n) is 5.47. The Labute approximate surface area is 141 Å². The van der Waals surface area contributed by atoms with Gasteiger partial charge >= 0.3 is 0 Å². The van der Waals surface area contributed by atoms with Crippen LogP contribution in [-0.4, -0.2) is 31.5 Å². The van der Waals surface area contributed by atoms with E-state index in [4.69, 9.17) is 18.9 Å². The second-order valence-corrected chi connectivity index (χ2v) is 5.47. The minimum absolute atomic E-state index is 0.0383. The summed E-state index contributed by atoms with van der Waals surface area (Å²) in [5.74, 6) is 2.68. The Morgan fingerprint density at radius 3 is 1.67 bits per heavy atom. The van der Waals surface area contributed by atoms with Crippen LogP contribution < -0.4 is 18.9 Å². The summed E-state index contributed by atoms with van der Waals surface area (Å²) in [4.78, 5) is 0. The SMILES string of the molecule is CCc1ccc2c(c1)OCCOc1ccc(CO)cc1OCCO2. The Hall–Kier alpha value is -2.40. The van der Waals surface area contributed by atoms with Crippen molar-refractivity contribution in [1.29, 1.82) is 0 Å². The van der Waals surface area contributed by atoms with Gasteiger partial charge in [-0.3, -0.25) is 0 Å². The molecule has 5 heteroatoms. The monoisotopic (exact) mass is 330 g/mol. The van der Waals surface area contributed by atoms with Gasteiger partial charge in [-0.1, -0.05) is 19.1 Å². The smallest absolute Gasteiger partial charge is 0.161 e. The van der Waals surface area contributed by atoms with E-state index in [9.17, 15) is 5.11 Å². The van der Waals surface area contributed by atoms with Crippen molar-refractivity contribution < 1.29 is 24.1 Å². The molecule has 3 rings (SSSR count). The number of benzene rings is 2. The maximum absolute atomic E-state index is 9.26. The third kappa shape index (κ3) is 3.92. The average Bonchev–Trinajstić information content (AvgIpc) is 2.62. The van der Waals surface area contributed by atoms with Gasteiger partial charge in [0.2, 0.25) is 0 Å². The Bertz CT molecular complexity index is 624. The van der Waals surface area contributed by atoms with E-state index in [0.29, 0.717) is 43.7 Å². The zero-order valence-corrected chi connectivity index (χ0v) is 13.8. The molecule has 0 fully saturated rings. The number of aryl methyl sites for hydroxylation is 1. The molecule has 0 saturated carbocycles. The van der Waals surface area contributed by atoms with Gasteiger partial charge in [-0.25, -0.2) is 0 Å². The fourth-order valence-corrected chi connectivity index (χ4v) is 2.49. The molecule has 0 radical (unpaired) electrons. The highest BCUT2D eigenvalue weighted by Gasteiger charge is 2.11. The topological polar surface area (TPSA) is 57.2 Å². The first-order chi connectivity index (χ1) is 11.8. The summed E-state index contributed by atoms with van der Waals surface area (Å²) in [6.45, 7) is 3.63.